The molecule has 0 radical (unpaired) electrons. The van der Waals surface area contributed by atoms with Crippen LogP contribution in [0.3, 0.4) is 0 Å². The summed E-state index contributed by atoms with van der Waals surface area (Å²) >= 11 is 0. The lowest BCUT2D eigenvalue weighted by Crippen LogP contribution is -2.25. The zero-order chi connectivity index (χ0) is 17.1. The van der Waals surface area contributed by atoms with Gasteiger partial charge in [0.2, 0.25) is 20.0 Å². The summed E-state index contributed by atoms with van der Waals surface area (Å²) in [4.78, 5) is 0. The summed E-state index contributed by atoms with van der Waals surface area (Å²) in [6, 6.07) is 4.51. The van der Waals surface area contributed by atoms with Gasteiger partial charge < -0.3 is 9.47 Å². The number of ether oxygens (including phenoxy) is 2. The summed E-state index contributed by atoms with van der Waals surface area (Å²) in [6.07, 6.45) is 0.552. The molecule has 1 heterocycles. The first kappa shape index (κ1) is 17.8. The molecule has 2 rings (SSSR count). The Balaban J connectivity index is 2.27. The third kappa shape index (κ3) is 4.27. The van der Waals surface area contributed by atoms with Gasteiger partial charge in [-0.2, -0.15) is 0 Å². The number of benzene rings is 1. The highest BCUT2D eigenvalue weighted by atomic mass is 32.2. The lowest BCUT2D eigenvalue weighted by atomic mass is 10.2. The molecule has 1 aromatic rings. The van der Waals surface area contributed by atoms with Crippen LogP contribution in [0, 0.1) is 0 Å². The van der Waals surface area contributed by atoms with E-state index in [9.17, 15) is 16.8 Å². The molecule has 1 N–H and O–H groups in total. The van der Waals surface area contributed by atoms with Crippen molar-refractivity contribution < 1.29 is 26.3 Å². The van der Waals surface area contributed by atoms with Crippen LogP contribution in [0.5, 0.6) is 5.75 Å². The number of sulfonamides is 2. The first-order chi connectivity index (χ1) is 10.8. The van der Waals surface area contributed by atoms with E-state index in [1.807, 2.05) is 0 Å². The second-order valence-corrected chi connectivity index (χ2v) is 8.90. The van der Waals surface area contributed by atoms with Gasteiger partial charge in [-0.3, -0.25) is 9.03 Å². The molecule has 0 saturated carbocycles. The summed E-state index contributed by atoms with van der Waals surface area (Å²) < 4.78 is 61.4. The Bertz CT molecular complexity index is 761. The maximum atomic E-state index is 12.0. The predicted octanol–water partition coefficient (Wildman–Crippen LogP) is 0.623. The van der Waals surface area contributed by atoms with E-state index < -0.39 is 20.0 Å². The summed E-state index contributed by atoms with van der Waals surface area (Å²) in [5, 5.41) is 0. The van der Waals surface area contributed by atoms with Gasteiger partial charge in [-0.15, -0.1) is 0 Å². The minimum absolute atomic E-state index is 0.0799. The standard InChI is InChI=1S/C13H20N2O6S2/c1-20-7-9-22(16,17)14-11-4-5-12(13(10-11)21-2)15-6-3-8-23(15,18)19/h4-5,10,14H,3,6-9H2,1-2H3. The van der Waals surface area contributed by atoms with Crippen LogP contribution in [0.25, 0.3) is 0 Å². The van der Waals surface area contributed by atoms with Crippen molar-refractivity contribution >= 4 is 31.4 Å². The molecule has 23 heavy (non-hydrogen) atoms. The highest BCUT2D eigenvalue weighted by Crippen LogP contribution is 2.35. The van der Waals surface area contributed by atoms with Gasteiger partial charge in [0.1, 0.15) is 5.75 Å². The number of anilines is 2. The molecular formula is C13H20N2O6S2. The maximum absolute atomic E-state index is 12.0. The van der Waals surface area contributed by atoms with E-state index in [1.54, 1.807) is 0 Å². The molecule has 8 nitrogen and oxygen atoms in total. The number of hydrogen-bond acceptors (Lipinski definition) is 6. The van der Waals surface area contributed by atoms with E-state index >= 15 is 0 Å². The van der Waals surface area contributed by atoms with Crippen LogP contribution in [0.1, 0.15) is 6.42 Å². The molecule has 0 bridgehead atoms. The number of nitrogens with one attached hydrogen (secondary N) is 1. The van der Waals surface area contributed by atoms with Crippen LogP contribution < -0.4 is 13.8 Å². The fourth-order valence-corrected chi connectivity index (χ4v) is 4.83. The monoisotopic (exact) mass is 364 g/mol. The van der Waals surface area contributed by atoms with Gasteiger partial charge in [0.15, 0.2) is 0 Å². The Morgan fingerprint density at radius 3 is 2.61 bits per heavy atom. The third-order valence-corrected chi connectivity index (χ3v) is 6.48. The fraction of sp³-hybridized carbons (Fsp3) is 0.538. The molecule has 130 valence electrons. The van der Waals surface area contributed by atoms with Crippen molar-refractivity contribution in [1.82, 2.24) is 0 Å². The van der Waals surface area contributed by atoms with Crippen molar-refractivity contribution in [2.75, 3.05) is 47.9 Å². The Kier molecular flexibility index (Phi) is 5.37. The van der Waals surface area contributed by atoms with Gasteiger partial charge in [0, 0.05) is 19.7 Å². The van der Waals surface area contributed by atoms with Crippen molar-refractivity contribution in [2.45, 2.75) is 6.42 Å². The Labute approximate surface area is 136 Å². The van der Waals surface area contributed by atoms with Crippen molar-refractivity contribution in [3.8, 4) is 5.75 Å². The molecule has 1 fully saturated rings. The maximum Gasteiger partial charge on any atom is 0.235 e. The molecule has 0 spiro atoms. The van der Waals surface area contributed by atoms with E-state index in [4.69, 9.17) is 9.47 Å². The zero-order valence-corrected chi connectivity index (χ0v) is 14.6. The molecule has 1 aliphatic heterocycles. The number of hydrogen-bond donors (Lipinski definition) is 1. The van der Waals surface area contributed by atoms with Gasteiger partial charge in [-0.25, -0.2) is 16.8 Å². The van der Waals surface area contributed by atoms with Gasteiger partial charge in [-0.1, -0.05) is 0 Å². The molecule has 0 amide bonds. The van der Waals surface area contributed by atoms with Crippen LogP contribution in [0.4, 0.5) is 11.4 Å². The molecule has 0 unspecified atom stereocenters. The lowest BCUT2D eigenvalue weighted by Gasteiger charge is -2.20. The average Bonchev–Trinajstić information content (AvgIpc) is 2.84. The first-order valence-electron chi connectivity index (χ1n) is 6.97. The summed E-state index contributed by atoms with van der Waals surface area (Å²) in [7, 11) is -4.05. The second-order valence-electron chi connectivity index (χ2n) is 5.04. The van der Waals surface area contributed by atoms with Crippen LogP contribution in [-0.2, 0) is 24.8 Å². The smallest absolute Gasteiger partial charge is 0.235 e. The second kappa shape index (κ2) is 6.93. The molecular weight excluding hydrogens is 344 g/mol. The van der Waals surface area contributed by atoms with E-state index in [0.29, 0.717) is 30.1 Å². The number of nitrogens with zero attached hydrogens (tertiary/aromatic N) is 1. The SMILES string of the molecule is COCCS(=O)(=O)Nc1ccc(N2CCCS2(=O)=O)c(OC)c1. The van der Waals surface area contributed by atoms with Gasteiger partial charge in [0.05, 0.1) is 36.6 Å². The highest BCUT2D eigenvalue weighted by Gasteiger charge is 2.30. The van der Waals surface area contributed by atoms with Crippen LogP contribution in [0.2, 0.25) is 0 Å². The molecule has 10 heteroatoms. The van der Waals surface area contributed by atoms with Crippen molar-refractivity contribution in [1.29, 1.82) is 0 Å². The van der Waals surface area contributed by atoms with Gasteiger partial charge >= 0.3 is 0 Å². The van der Waals surface area contributed by atoms with Crippen molar-refractivity contribution in [3.05, 3.63) is 18.2 Å². The van der Waals surface area contributed by atoms with Crippen LogP contribution in [-0.4, -0.2) is 55.7 Å². The Morgan fingerprint density at radius 2 is 2.04 bits per heavy atom. The molecule has 0 aromatic heterocycles. The van der Waals surface area contributed by atoms with Crippen LogP contribution >= 0.6 is 0 Å². The zero-order valence-electron chi connectivity index (χ0n) is 13.0. The Morgan fingerprint density at radius 1 is 1.30 bits per heavy atom. The highest BCUT2D eigenvalue weighted by molar-refractivity contribution is 7.93. The predicted molar refractivity (Wildman–Crippen MR) is 88.0 cm³/mol. The van der Waals surface area contributed by atoms with Crippen molar-refractivity contribution in [2.24, 2.45) is 0 Å². The normalized spacial score (nSPS) is 17.2. The van der Waals surface area contributed by atoms with E-state index in [-0.39, 0.29) is 18.1 Å². The summed E-state index contributed by atoms with van der Waals surface area (Å²) in [5.41, 5.74) is 0.711. The molecule has 1 saturated heterocycles. The largest absolute Gasteiger partial charge is 0.494 e. The Hall–Kier alpha value is -1.52. The number of rotatable bonds is 7. The molecule has 0 atom stereocenters. The van der Waals surface area contributed by atoms with E-state index in [2.05, 4.69) is 4.72 Å². The summed E-state index contributed by atoms with van der Waals surface area (Å²) in [6.45, 7) is 0.466. The minimum atomic E-state index is -3.54. The lowest BCUT2D eigenvalue weighted by molar-refractivity contribution is 0.217. The van der Waals surface area contributed by atoms with E-state index in [0.717, 1.165) is 0 Å². The fourth-order valence-electron chi connectivity index (χ4n) is 2.28. The van der Waals surface area contributed by atoms with Crippen molar-refractivity contribution in [3.63, 3.8) is 0 Å². The van der Waals surface area contributed by atoms with E-state index in [1.165, 1.54) is 36.7 Å². The molecule has 0 aliphatic carbocycles. The summed E-state index contributed by atoms with van der Waals surface area (Å²) in [5.74, 6) is 0.220. The third-order valence-electron chi connectivity index (χ3n) is 3.38. The van der Waals surface area contributed by atoms with Gasteiger partial charge in [-0.05, 0) is 18.6 Å². The minimum Gasteiger partial charge on any atom is -0.494 e. The molecule has 1 aliphatic rings. The van der Waals surface area contributed by atoms with Gasteiger partial charge in [0.25, 0.3) is 0 Å². The quantitative estimate of drug-likeness (QED) is 0.761. The molecule has 1 aromatic carbocycles. The average molecular weight is 364 g/mol. The topological polar surface area (TPSA) is 102 Å². The van der Waals surface area contributed by atoms with Crippen LogP contribution in [0.15, 0.2) is 18.2 Å². The first-order valence-corrected chi connectivity index (χ1v) is 10.2. The number of methoxy groups -OCH3 is 2.